The van der Waals surface area contributed by atoms with E-state index in [9.17, 15) is 0 Å². The van der Waals surface area contributed by atoms with Crippen LogP contribution in [0.1, 0.15) is 0 Å². The van der Waals surface area contributed by atoms with Crippen LogP contribution in [0.25, 0.3) is 64.1 Å². The van der Waals surface area contributed by atoms with E-state index >= 15 is 0 Å². The van der Waals surface area contributed by atoms with E-state index in [4.69, 9.17) is 19.4 Å². The zero-order chi connectivity index (χ0) is 39.1. The number of benzene rings is 8. The fourth-order valence-electron chi connectivity index (χ4n) is 7.52. The zero-order valence-electron chi connectivity index (χ0n) is 31.5. The summed E-state index contributed by atoms with van der Waals surface area (Å²) >= 11 is 3.42. The number of oxazole rings is 1. The molecular weight excluding hydrogens is 763 g/mol. The molecule has 0 fully saturated rings. The molecule has 0 aliphatic heterocycles. The molecule has 11 rings (SSSR count). The quantitative estimate of drug-likeness (QED) is 0.145. The van der Waals surface area contributed by atoms with Gasteiger partial charge < -0.3 is 14.2 Å². The van der Waals surface area contributed by atoms with E-state index in [2.05, 4.69) is 174 Å². The van der Waals surface area contributed by atoms with E-state index in [-0.39, 0.29) is 0 Å². The van der Waals surface area contributed by atoms with Crippen molar-refractivity contribution in [2.75, 3.05) is 9.80 Å². The van der Waals surface area contributed by atoms with Gasteiger partial charge in [0.1, 0.15) is 15.5 Å². The van der Waals surface area contributed by atoms with Gasteiger partial charge in [-0.05, 0) is 133 Å². The Morgan fingerprint density at radius 3 is 1.32 bits per heavy atom. The van der Waals surface area contributed by atoms with Crippen LogP contribution in [-0.2, 0) is 0 Å². The van der Waals surface area contributed by atoms with E-state index in [1.165, 1.54) is 9.40 Å². The summed E-state index contributed by atoms with van der Waals surface area (Å²) in [6.45, 7) is 0. The Hall–Kier alpha value is -7.39. The predicted octanol–water partition coefficient (Wildman–Crippen LogP) is 15.0. The maximum absolute atomic E-state index is 6.51. The molecule has 3 heterocycles. The molecule has 0 aliphatic carbocycles. The number of hydrogen-bond donors (Lipinski definition) is 0. The molecule has 3 aromatic heterocycles. The minimum absolute atomic E-state index is 0.560. The van der Waals surface area contributed by atoms with Gasteiger partial charge in [0.05, 0.1) is 26.1 Å². The Bertz CT molecular complexity index is 3150. The van der Waals surface area contributed by atoms with E-state index in [0.717, 1.165) is 77.4 Å². The van der Waals surface area contributed by atoms with Crippen LogP contribution < -0.4 is 9.80 Å². The van der Waals surface area contributed by atoms with Crippen LogP contribution in [-0.4, -0.2) is 15.0 Å². The fraction of sp³-hybridized carbons (Fsp3) is 0. The van der Waals surface area contributed by atoms with Gasteiger partial charge in [0.25, 0.3) is 0 Å². The van der Waals surface area contributed by atoms with Crippen LogP contribution in [0.2, 0.25) is 0 Å². The molecule has 0 spiro atoms. The number of rotatable bonds is 9. The first-order chi connectivity index (χ1) is 29.2. The molecular formula is C51H33N5OS2. The molecule has 0 unspecified atom stereocenters. The van der Waals surface area contributed by atoms with Crippen LogP contribution in [0.15, 0.2) is 205 Å². The van der Waals surface area contributed by atoms with Gasteiger partial charge in [0.15, 0.2) is 5.58 Å². The summed E-state index contributed by atoms with van der Waals surface area (Å²) < 4.78 is 8.88. The number of nitrogens with zero attached hydrogens (tertiary/aromatic N) is 5. The van der Waals surface area contributed by atoms with Crippen LogP contribution in [0.4, 0.5) is 34.1 Å². The molecule has 0 atom stereocenters. The van der Waals surface area contributed by atoms with Crippen molar-refractivity contribution in [3.8, 4) is 32.6 Å². The van der Waals surface area contributed by atoms with Gasteiger partial charge in [0.2, 0.25) is 5.89 Å². The van der Waals surface area contributed by atoms with Gasteiger partial charge in [-0.1, -0.05) is 66.7 Å². The van der Waals surface area contributed by atoms with E-state index in [0.29, 0.717) is 11.5 Å². The maximum atomic E-state index is 6.51. The third-order valence-corrected chi connectivity index (χ3v) is 12.5. The monoisotopic (exact) mass is 795 g/mol. The van der Waals surface area contributed by atoms with E-state index < -0.39 is 0 Å². The standard InChI is InChI=1S/C51H33N5OS2/c1-3-12-37(13-4-1)55(40-30-24-35(25-31-40)50-52-42-16-7-9-20-46(42)58-50)39-28-22-34(23-29-39)49-54-48-44(18-11-19-45(48)57-49)56(38-14-5-2-6-15-38)41-32-26-36(27-33-41)51-53-43-17-8-10-21-47(43)59-51/h1-33H. The van der Waals surface area contributed by atoms with Crippen molar-refractivity contribution >= 4 is 88.3 Å². The molecule has 6 nitrogen and oxygen atoms in total. The van der Waals surface area contributed by atoms with Gasteiger partial charge >= 0.3 is 0 Å². The number of thiazole rings is 2. The van der Waals surface area contributed by atoms with Crippen LogP contribution in [0.5, 0.6) is 0 Å². The van der Waals surface area contributed by atoms with Crippen molar-refractivity contribution in [1.29, 1.82) is 0 Å². The molecule has 8 aromatic carbocycles. The number of para-hydroxylation sites is 5. The second-order valence-corrected chi connectivity index (χ2v) is 16.2. The molecule has 11 aromatic rings. The lowest BCUT2D eigenvalue weighted by Crippen LogP contribution is -2.10. The lowest BCUT2D eigenvalue weighted by Gasteiger charge is -2.25. The maximum Gasteiger partial charge on any atom is 0.227 e. The van der Waals surface area contributed by atoms with Gasteiger partial charge in [-0.3, -0.25) is 0 Å². The highest BCUT2D eigenvalue weighted by Gasteiger charge is 2.21. The smallest absolute Gasteiger partial charge is 0.227 e. The number of anilines is 6. The Labute approximate surface area is 348 Å². The first-order valence-electron chi connectivity index (χ1n) is 19.3. The minimum Gasteiger partial charge on any atom is -0.436 e. The number of aromatic nitrogens is 3. The topological polar surface area (TPSA) is 58.3 Å². The lowest BCUT2D eigenvalue weighted by atomic mass is 10.1. The summed E-state index contributed by atoms with van der Waals surface area (Å²) in [7, 11) is 0. The summed E-state index contributed by atoms with van der Waals surface area (Å²) in [5.74, 6) is 0.560. The molecule has 0 amide bonds. The molecule has 0 radical (unpaired) electrons. The van der Waals surface area contributed by atoms with Crippen molar-refractivity contribution in [3.05, 3.63) is 200 Å². The van der Waals surface area contributed by atoms with Gasteiger partial charge in [-0.2, -0.15) is 0 Å². The van der Waals surface area contributed by atoms with Gasteiger partial charge in [-0.15, -0.1) is 22.7 Å². The highest BCUT2D eigenvalue weighted by atomic mass is 32.1. The third-order valence-electron chi connectivity index (χ3n) is 10.4. The molecule has 0 bridgehead atoms. The van der Waals surface area contributed by atoms with E-state index in [1.54, 1.807) is 22.7 Å². The van der Waals surface area contributed by atoms with Crippen molar-refractivity contribution in [3.63, 3.8) is 0 Å². The molecule has 0 saturated carbocycles. The SMILES string of the molecule is c1ccc(N(c2ccc(-c3nc4c(N(c5ccccc5)c5ccc(-c6nc7ccccc7s6)cc5)cccc4o3)cc2)c2ccc(-c3nc4ccccc4s3)cc2)cc1. The van der Waals surface area contributed by atoms with Crippen LogP contribution in [0, 0.1) is 0 Å². The fourth-order valence-corrected chi connectivity index (χ4v) is 9.46. The lowest BCUT2D eigenvalue weighted by molar-refractivity contribution is 0.620. The highest BCUT2D eigenvalue weighted by Crippen LogP contribution is 2.42. The van der Waals surface area contributed by atoms with Gasteiger partial charge in [-0.25, -0.2) is 15.0 Å². The Balaban J connectivity index is 0.924. The van der Waals surface area contributed by atoms with Crippen molar-refractivity contribution in [2.24, 2.45) is 0 Å². The first kappa shape index (κ1) is 34.8. The normalized spacial score (nSPS) is 11.4. The molecule has 0 N–H and O–H groups in total. The number of hydrogen-bond acceptors (Lipinski definition) is 8. The third kappa shape index (κ3) is 6.60. The number of fused-ring (bicyclic) bond motifs is 3. The molecule has 0 aliphatic rings. The summed E-state index contributed by atoms with van der Waals surface area (Å²) in [5.41, 5.74) is 12.7. The first-order valence-corrected chi connectivity index (χ1v) is 21.0. The summed E-state index contributed by atoms with van der Waals surface area (Å²) in [6.07, 6.45) is 0. The minimum atomic E-state index is 0.560. The van der Waals surface area contributed by atoms with Crippen LogP contribution >= 0.6 is 22.7 Å². The average molecular weight is 796 g/mol. The Kier molecular flexibility index (Phi) is 8.76. The second-order valence-electron chi connectivity index (χ2n) is 14.1. The Morgan fingerprint density at radius 2 is 0.797 bits per heavy atom. The van der Waals surface area contributed by atoms with Crippen molar-refractivity contribution in [2.45, 2.75) is 0 Å². The predicted molar refractivity (Wildman–Crippen MR) is 246 cm³/mol. The van der Waals surface area contributed by atoms with Gasteiger partial charge in [0, 0.05) is 45.1 Å². The van der Waals surface area contributed by atoms with Crippen molar-refractivity contribution < 1.29 is 4.42 Å². The zero-order valence-corrected chi connectivity index (χ0v) is 33.1. The summed E-state index contributed by atoms with van der Waals surface area (Å²) in [5, 5.41) is 2.02. The molecule has 0 saturated heterocycles. The van der Waals surface area contributed by atoms with E-state index in [1.807, 2.05) is 36.4 Å². The summed E-state index contributed by atoms with van der Waals surface area (Å²) in [4.78, 5) is 19.4. The second kappa shape index (κ2) is 14.8. The summed E-state index contributed by atoms with van der Waals surface area (Å²) in [6, 6.07) is 69.2. The van der Waals surface area contributed by atoms with Crippen molar-refractivity contribution in [1.82, 2.24) is 15.0 Å². The highest BCUT2D eigenvalue weighted by molar-refractivity contribution is 7.22. The Morgan fingerprint density at radius 1 is 0.356 bits per heavy atom. The average Bonchev–Trinajstić information content (AvgIpc) is 4.06. The van der Waals surface area contributed by atoms with Crippen LogP contribution in [0.3, 0.4) is 0 Å². The molecule has 59 heavy (non-hydrogen) atoms. The molecule has 280 valence electrons. The molecule has 8 heteroatoms. The largest absolute Gasteiger partial charge is 0.436 e.